The zero-order valence-electron chi connectivity index (χ0n) is 12.4. The lowest BCUT2D eigenvalue weighted by molar-refractivity contribution is -0.132. The fourth-order valence-electron chi connectivity index (χ4n) is 2.23. The minimum absolute atomic E-state index is 0.0732. The molecule has 1 aliphatic rings. The molecule has 0 aliphatic carbocycles. The van der Waals surface area contributed by atoms with Crippen LogP contribution < -0.4 is 5.32 Å². The van der Waals surface area contributed by atoms with Gasteiger partial charge in [-0.15, -0.1) is 0 Å². The highest BCUT2D eigenvalue weighted by Gasteiger charge is 2.28. The van der Waals surface area contributed by atoms with E-state index in [1.807, 2.05) is 0 Å². The van der Waals surface area contributed by atoms with Crippen LogP contribution in [0.3, 0.4) is 0 Å². The molecule has 0 saturated carbocycles. The van der Waals surface area contributed by atoms with Gasteiger partial charge in [-0.2, -0.15) is 0 Å². The Morgan fingerprint density at radius 1 is 1.26 bits per heavy atom. The number of halogens is 2. The predicted molar refractivity (Wildman–Crippen MR) is 86.3 cm³/mol. The van der Waals surface area contributed by atoms with Gasteiger partial charge in [0.05, 0.1) is 11.5 Å². The third-order valence-corrected chi connectivity index (χ3v) is 5.57. The lowest BCUT2D eigenvalue weighted by Crippen LogP contribution is -2.51. The Balaban J connectivity index is 1.99. The number of hydrogen-bond acceptors (Lipinski definition) is 4. The number of benzene rings is 1. The summed E-state index contributed by atoms with van der Waals surface area (Å²) in [7, 11) is -3.08. The van der Waals surface area contributed by atoms with E-state index in [-0.39, 0.29) is 36.1 Å². The molecule has 2 amide bonds. The van der Waals surface area contributed by atoms with Crippen LogP contribution in [0.5, 0.6) is 0 Å². The van der Waals surface area contributed by atoms with E-state index in [1.165, 1.54) is 24.0 Å². The van der Waals surface area contributed by atoms with Crippen molar-refractivity contribution in [2.75, 3.05) is 24.6 Å². The molecule has 0 spiro atoms. The number of nitrogens with zero attached hydrogens (tertiary/aromatic N) is 1. The number of rotatable bonds is 3. The normalized spacial score (nSPS) is 18.3. The van der Waals surface area contributed by atoms with Crippen molar-refractivity contribution in [2.45, 2.75) is 13.0 Å². The molecular formula is C14H16BrFN2O4S. The average molecular weight is 407 g/mol. The van der Waals surface area contributed by atoms with Gasteiger partial charge in [0, 0.05) is 23.1 Å². The van der Waals surface area contributed by atoms with Crippen molar-refractivity contribution < 1.29 is 22.4 Å². The molecule has 1 atom stereocenters. The third kappa shape index (κ3) is 4.74. The monoisotopic (exact) mass is 406 g/mol. The molecule has 1 heterocycles. The molecule has 0 radical (unpaired) electrons. The summed E-state index contributed by atoms with van der Waals surface area (Å²) in [6.45, 7) is 1.75. The van der Waals surface area contributed by atoms with Gasteiger partial charge in [0.25, 0.3) is 5.91 Å². The Labute approximate surface area is 142 Å². The topological polar surface area (TPSA) is 83.6 Å². The van der Waals surface area contributed by atoms with Crippen molar-refractivity contribution >= 4 is 37.6 Å². The molecule has 2 rings (SSSR count). The van der Waals surface area contributed by atoms with Crippen LogP contribution in [0.4, 0.5) is 4.39 Å². The van der Waals surface area contributed by atoms with Crippen LogP contribution in [-0.2, 0) is 14.6 Å². The van der Waals surface area contributed by atoms with E-state index in [9.17, 15) is 22.4 Å². The first-order valence-electron chi connectivity index (χ1n) is 6.94. The van der Waals surface area contributed by atoms with Crippen LogP contribution >= 0.6 is 15.9 Å². The van der Waals surface area contributed by atoms with Gasteiger partial charge in [0.2, 0.25) is 5.91 Å². The Hall–Kier alpha value is -1.48. The molecule has 6 nitrogen and oxygen atoms in total. The van der Waals surface area contributed by atoms with E-state index in [0.29, 0.717) is 4.47 Å². The van der Waals surface area contributed by atoms with Crippen LogP contribution in [0.1, 0.15) is 17.3 Å². The second kappa shape index (κ2) is 6.96. The largest absolute Gasteiger partial charge is 0.341 e. The molecular weight excluding hydrogens is 391 g/mol. The number of carbonyl (C=O) groups excluding carboxylic acids is 2. The number of nitrogens with one attached hydrogen (secondary N) is 1. The molecule has 9 heteroatoms. The van der Waals surface area contributed by atoms with Gasteiger partial charge < -0.3 is 10.2 Å². The zero-order valence-corrected chi connectivity index (χ0v) is 14.8. The molecule has 126 valence electrons. The van der Waals surface area contributed by atoms with Crippen LogP contribution in [0.15, 0.2) is 22.7 Å². The van der Waals surface area contributed by atoms with Crippen molar-refractivity contribution in [3.05, 3.63) is 34.1 Å². The van der Waals surface area contributed by atoms with Gasteiger partial charge in [-0.05, 0) is 25.1 Å². The molecule has 1 unspecified atom stereocenters. The van der Waals surface area contributed by atoms with Gasteiger partial charge >= 0.3 is 0 Å². The lowest BCUT2D eigenvalue weighted by atomic mass is 10.2. The summed E-state index contributed by atoms with van der Waals surface area (Å²) in [5.74, 6) is -1.64. The van der Waals surface area contributed by atoms with Crippen molar-refractivity contribution in [3.8, 4) is 0 Å². The van der Waals surface area contributed by atoms with E-state index in [0.717, 1.165) is 6.07 Å². The average Bonchev–Trinajstić information content (AvgIpc) is 2.45. The highest BCUT2D eigenvalue weighted by atomic mass is 79.9. The summed E-state index contributed by atoms with van der Waals surface area (Å²) in [6, 6.07) is 2.92. The van der Waals surface area contributed by atoms with Crippen molar-refractivity contribution in [2.24, 2.45) is 0 Å². The first kappa shape index (κ1) is 17.9. The zero-order chi connectivity index (χ0) is 17.2. The van der Waals surface area contributed by atoms with E-state index < -0.39 is 27.6 Å². The van der Waals surface area contributed by atoms with Crippen molar-refractivity contribution in [1.82, 2.24) is 10.2 Å². The van der Waals surface area contributed by atoms with E-state index in [4.69, 9.17) is 0 Å². The third-order valence-electron chi connectivity index (χ3n) is 3.50. The van der Waals surface area contributed by atoms with E-state index in [2.05, 4.69) is 21.2 Å². The Morgan fingerprint density at radius 2 is 1.87 bits per heavy atom. The van der Waals surface area contributed by atoms with Crippen LogP contribution in [-0.4, -0.2) is 55.8 Å². The molecule has 0 aromatic heterocycles. The fraction of sp³-hybridized carbons (Fsp3) is 0.429. The molecule has 1 N–H and O–H groups in total. The van der Waals surface area contributed by atoms with Gasteiger partial charge in [0.15, 0.2) is 9.84 Å². The Bertz CT molecular complexity index is 704. The standard InChI is InChI=1S/C14H16BrFN2O4S/c1-9(14(20)18-2-4-23(21,22)5-3-18)17-13(19)10-6-11(15)8-12(16)7-10/h6-9H,2-5H2,1H3,(H,17,19). The summed E-state index contributed by atoms with van der Waals surface area (Å²) in [5, 5.41) is 2.50. The van der Waals surface area contributed by atoms with E-state index >= 15 is 0 Å². The van der Waals surface area contributed by atoms with Gasteiger partial charge in [-0.3, -0.25) is 9.59 Å². The predicted octanol–water partition coefficient (Wildman–Crippen LogP) is 0.964. The first-order valence-corrected chi connectivity index (χ1v) is 9.55. The van der Waals surface area contributed by atoms with Crippen LogP contribution in [0, 0.1) is 5.82 Å². The summed E-state index contributed by atoms with van der Waals surface area (Å²) < 4.78 is 36.5. The minimum atomic E-state index is -3.08. The molecule has 1 aliphatic heterocycles. The maximum Gasteiger partial charge on any atom is 0.252 e. The number of amides is 2. The molecule has 1 aromatic carbocycles. The molecule has 1 fully saturated rings. The molecule has 23 heavy (non-hydrogen) atoms. The second-order valence-electron chi connectivity index (χ2n) is 5.33. The number of hydrogen-bond donors (Lipinski definition) is 1. The summed E-state index contributed by atoms with van der Waals surface area (Å²) in [6.07, 6.45) is 0. The summed E-state index contributed by atoms with van der Waals surface area (Å²) >= 11 is 3.10. The highest BCUT2D eigenvalue weighted by molar-refractivity contribution is 9.10. The summed E-state index contributed by atoms with van der Waals surface area (Å²) in [4.78, 5) is 25.7. The Kier molecular flexibility index (Phi) is 5.41. The second-order valence-corrected chi connectivity index (χ2v) is 8.55. The fourth-order valence-corrected chi connectivity index (χ4v) is 3.90. The lowest BCUT2D eigenvalue weighted by Gasteiger charge is -2.29. The first-order chi connectivity index (χ1) is 10.7. The van der Waals surface area contributed by atoms with Crippen LogP contribution in [0.25, 0.3) is 0 Å². The van der Waals surface area contributed by atoms with Gasteiger partial charge in [0.1, 0.15) is 11.9 Å². The quantitative estimate of drug-likeness (QED) is 0.810. The maximum atomic E-state index is 13.3. The van der Waals surface area contributed by atoms with Crippen LogP contribution in [0.2, 0.25) is 0 Å². The number of sulfone groups is 1. The van der Waals surface area contributed by atoms with Crippen molar-refractivity contribution in [3.63, 3.8) is 0 Å². The Morgan fingerprint density at radius 3 is 2.43 bits per heavy atom. The van der Waals surface area contributed by atoms with Gasteiger partial charge in [-0.25, -0.2) is 12.8 Å². The van der Waals surface area contributed by atoms with Gasteiger partial charge in [-0.1, -0.05) is 15.9 Å². The maximum absolute atomic E-state index is 13.3. The number of carbonyl (C=O) groups is 2. The molecule has 0 bridgehead atoms. The molecule has 1 aromatic rings. The highest BCUT2D eigenvalue weighted by Crippen LogP contribution is 2.15. The SMILES string of the molecule is CC(NC(=O)c1cc(F)cc(Br)c1)C(=O)N1CCS(=O)(=O)CC1. The van der Waals surface area contributed by atoms with E-state index in [1.54, 1.807) is 0 Å². The molecule has 1 saturated heterocycles. The van der Waals surface area contributed by atoms with Crippen molar-refractivity contribution in [1.29, 1.82) is 0 Å². The minimum Gasteiger partial charge on any atom is -0.341 e. The summed E-state index contributed by atoms with van der Waals surface area (Å²) in [5.41, 5.74) is 0.0951. The smallest absolute Gasteiger partial charge is 0.252 e.